The van der Waals surface area contributed by atoms with E-state index in [-0.39, 0.29) is 23.5 Å². The third-order valence-corrected chi connectivity index (χ3v) is 2.98. The molecule has 0 aliphatic heterocycles. The third kappa shape index (κ3) is 3.41. The SMILES string of the molecule is CCOc1ccc(C(N)C(CC)CN)cc1F. The Kier molecular flexibility index (Phi) is 5.38. The number of benzene rings is 1. The summed E-state index contributed by atoms with van der Waals surface area (Å²) in [5.41, 5.74) is 12.5. The summed E-state index contributed by atoms with van der Waals surface area (Å²) in [5, 5.41) is 0. The molecule has 1 rings (SSSR count). The van der Waals surface area contributed by atoms with Gasteiger partial charge in [0.15, 0.2) is 11.6 Å². The van der Waals surface area contributed by atoms with Crippen molar-refractivity contribution in [2.75, 3.05) is 13.2 Å². The lowest BCUT2D eigenvalue weighted by molar-refractivity contribution is 0.320. The van der Waals surface area contributed by atoms with Crippen molar-refractivity contribution in [1.29, 1.82) is 0 Å². The predicted octanol–water partition coefficient (Wildman–Crippen LogP) is 2.21. The van der Waals surface area contributed by atoms with Crippen LogP contribution >= 0.6 is 0 Å². The minimum Gasteiger partial charge on any atom is -0.491 e. The van der Waals surface area contributed by atoms with Crippen LogP contribution in [0.2, 0.25) is 0 Å². The fourth-order valence-corrected chi connectivity index (χ4v) is 1.84. The van der Waals surface area contributed by atoms with Crippen LogP contribution in [0.3, 0.4) is 0 Å². The smallest absolute Gasteiger partial charge is 0.165 e. The minimum absolute atomic E-state index is 0.173. The molecule has 17 heavy (non-hydrogen) atoms. The van der Waals surface area contributed by atoms with Crippen LogP contribution < -0.4 is 16.2 Å². The molecule has 0 aromatic heterocycles. The Morgan fingerprint density at radius 1 is 1.35 bits per heavy atom. The average Bonchev–Trinajstić information content (AvgIpc) is 2.33. The van der Waals surface area contributed by atoms with Crippen molar-refractivity contribution in [3.8, 4) is 5.75 Å². The molecule has 0 aliphatic carbocycles. The molecular weight excluding hydrogens is 219 g/mol. The van der Waals surface area contributed by atoms with E-state index in [0.717, 1.165) is 12.0 Å². The minimum atomic E-state index is -0.369. The molecule has 4 heteroatoms. The highest BCUT2D eigenvalue weighted by Crippen LogP contribution is 2.26. The van der Waals surface area contributed by atoms with Crippen molar-refractivity contribution in [3.63, 3.8) is 0 Å². The highest BCUT2D eigenvalue weighted by molar-refractivity contribution is 5.31. The van der Waals surface area contributed by atoms with Crippen LogP contribution in [0.4, 0.5) is 4.39 Å². The van der Waals surface area contributed by atoms with E-state index in [1.165, 1.54) is 6.07 Å². The maximum absolute atomic E-state index is 13.7. The second-order valence-corrected chi connectivity index (χ2v) is 4.05. The highest BCUT2D eigenvalue weighted by Gasteiger charge is 2.17. The molecule has 0 fully saturated rings. The molecule has 0 spiro atoms. The summed E-state index contributed by atoms with van der Waals surface area (Å²) < 4.78 is 18.8. The Hall–Kier alpha value is -1.13. The van der Waals surface area contributed by atoms with E-state index in [1.807, 2.05) is 13.8 Å². The summed E-state index contributed by atoms with van der Waals surface area (Å²) in [6.45, 7) is 4.80. The lowest BCUT2D eigenvalue weighted by atomic mass is 9.91. The van der Waals surface area contributed by atoms with Gasteiger partial charge in [0.05, 0.1) is 6.61 Å². The molecule has 2 atom stereocenters. The molecule has 96 valence electrons. The molecule has 0 bridgehead atoms. The Balaban J connectivity index is 2.88. The van der Waals surface area contributed by atoms with Gasteiger partial charge < -0.3 is 16.2 Å². The summed E-state index contributed by atoms with van der Waals surface area (Å²) in [7, 11) is 0. The van der Waals surface area contributed by atoms with E-state index in [9.17, 15) is 4.39 Å². The summed E-state index contributed by atoms with van der Waals surface area (Å²) in [6, 6.07) is 4.64. The lowest BCUT2D eigenvalue weighted by Gasteiger charge is -2.21. The van der Waals surface area contributed by atoms with Gasteiger partial charge in [-0.15, -0.1) is 0 Å². The fourth-order valence-electron chi connectivity index (χ4n) is 1.84. The first-order valence-corrected chi connectivity index (χ1v) is 6.01. The first kappa shape index (κ1) is 13.9. The number of ether oxygens (including phenoxy) is 1. The maximum Gasteiger partial charge on any atom is 0.165 e. The topological polar surface area (TPSA) is 61.3 Å². The molecule has 0 radical (unpaired) electrons. The Bertz CT molecular complexity index is 353. The van der Waals surface area contributed by atoms with Crippen molar-refractivity contribution in [2.45, 2.75) is 26.3 Å². The van der Waals surface area contributed by atoms with E-state index < -0.39 is 0 Å². The van der Waals surface area contributed by atoms with E-state index >= 15 is 0 Å². The van der Waals surface area contributed by atoms with Gasteiger partial charge in [-0.1, -0.05) is 19.4 Å². The van der Waals surface area contributed by atoms with Crippen LogP contribution in [0, 0.1) is 11.7 Å². The third-order valence-electron chi connectivity index (χ3n) is 2.98. The molecule has 0 saturated heterocycles. The largest absolute Gasteiger partial charge is 0.491 e. The molecular formula is C13H21FN2O. The van der Waals surface area contributed by atoms with Crippen molar-refractivity contribution in [2.24, 2.45) is 17.4 Å². The van der Waals surface area contributed by atoms with Crippen LogP contribution in [-0.4, -0.2) is 13.2 Å². The molecule has 0 aliphatic rings. The first-order valence-electron chi connectivity index (χ1n) is 6.01. The van der Waals surface area contributed by atoms with Gasteiger partial charge in [0.25, 0.3) is 0 Å². The molecule has 4 N–H and O–H groups in total. The van der Waals surface area contributed by atoms with Gasteiger partial charge >= 0.3 is 0 Å². The molecule has 0 heterocycles. The summed E-state index contributed by atoms with van der Waals surface area (Å²) in [5.74, 6) is 0.0725. The predicted molar refractivity (Wildman–Crippen MR) is 67.3 cm³/mol. The van der Waals surface area contributed by atoms with Crippen molar-refractivity contribution < 1.29 is 9.13 Å². The standard InChI is InChI=1S/C13H21FN2O/c1-3-9(8-15)13(16)10-5-6-12(17-4-2)11(14)7-10/h5-7,9,13H,3-4,8,15-16H2,1-2H3. The van der Waals surface area contributed by atoms with E-state index in [1.54, 1.807) is 12.1 Å². The van der Waals surface area contributed by atoms with E-state index in [4.69, 9.17) is 16.2 Å². The zero-order valence-corrected chi connectivity index (χ0v) is 10.4. The van der Waals surface area contributed by atoms with Crippen molar-refractivity contribution in [3.05, 3.63) is 29.6 Å². The van der Waals surface area contributed by atoms with E-state index in [2.05, 4.69) is 0 Å². The van der Waals surface area contributed by atoms with E-state index in [0.29, 0.717) is 13.2 Å². The Labute approximate surface area is 102 Å². The number of halogens is 1. The molecule has 0 amide bonds. The fraction of sp³-hybridized carbons (Fsp3) is 0.538. The lowest BCUT2D eigenvalue weighted by Crippen LogP contribution is -2.27. The van der Waals surface area contributed by atoms with Crippen LogP contribution in [0.25, 0.3) is 0 Å². The van der Waals surface area contributed by atoms with Gasteiger partial charge in [-0.3, -0.25) is 0 Å². The van der Waals surface area contributed by atoms with Gasteiger partial charge in [-0.2, -0.15) is 0 Å². The highest BCUT2D eigenvalue weighted by atomic mass is 19.1. The van der Waals surface area contributed by atoms with Gasteiger partial charge in [0, 0.05) is 6.04 Å². The summed E-state index contributed by atoms with van der Waals surface area (Å²) in [6.07, 6.45) is 0.881. The quantitative estimate of drug-likeness (QED) is 0.801. The maximum atomic E-state index is 13.7. The Morgan fingerprint density at radius 3 is 2.53 bits per heavy atom. The van der Waals surface area contributed by atoms with Crippen molar-refractivity contribution >= 4 is 0 Å². The number of hydrogen-bond acceptors (Lipinski definition) is 3. The van der Waals surface area contributed by atoms with Crippen LogP contribution in [0.1, 0.15) is 31.9 Å². The monoisotopic (exact) mass is 240 g/mol. The molecule has 1 aromatic rings. The van der Waals surface area contributed by atoms with Crippen LogP contribution in [-0.2, 0) is 0 Å². The van der Waals surface area contributed by atoms with Crippen molar-refractivity contribution in [1.82, 2.24) is 0 Å². The molecule has 3 nitrogen and oxygen atoms in total. The number of nitrogens with two attached hydrogens (primary N) is 2. The Morgan fingerprint density at radius 2 is 2.06 bits per heavy atom. The van der Waals surface area contributed by atoms with Gasteiger partial charge in [0.1, 0.15) is 0 Å². The summed E-state index contributed by atoms with van der Waals surface area (Å²) >= 11 is 0. The van der Waals surface area contributed by atoms with Gasteiger partial charge in [-0.05, 0) is 37.1 Å². The molecule has 1 aromatic carbocycles. The number of hydrogen-bond donors (Lipinski definition) is 2. The summed E-state index contributed by atoms with van der Waals surface area (Å²) in [4.78, 5) is 0. The second kappa shape index (κ2) is 6.57. The van der Waals surface area contributed by atoms with Crippen LogP contribution in [0.15, 0.2) is 18.2 Å². The molecule has 2 unspecified atom stereocenters. The van der Waals surface area contributed by atoms with Crippen LogP contribution in [0.5, 0.6) is 5.75 Å². The average molecular weight is 240 g/mol. The van der Waals surface area contributed by atoms with Gasteiger partial charge in [-0.25, -0.2) is 4.39 Å². The molecule has 0 saturated carbocycles. The first-order chi connectivity index (χ1) is 8.13. The van der Waals surface area contributed by atoms with Gasteiger partial charge in [0.2, 0.25) is 0 Å². The zero-order chi connectivity index (χ0) is 12.8. The zero-order valence-electron chi connectivity index (χ0n) is 10.4. The normalized spacial score (nSPS) is 14.4. The second-order valence-electron chi connectivity index (χ2n) is 4.05. The number of rotatable bonds is 6.